The molecule has 1 aromatic carbocycles. The molecule has 0 bridgehead atoms. The van der Waals surface area contributed by atoms with Crippen molar-refractivity contribution in [3.63, 3.8) is 0 Å². The predicted molar refractivity (Wildman–Crippen MR) is 59.8 cm³/mol. The molecule has 1 unspecified atom stereocenters. The van der Waals surface area contributed by atoms with Gasteiger partial charge in [-0.15, -0.1) is 0 Å². The van der Waals surface area contributed by atoms with Crippen molar-refractivity contribution in [2.24, 2.45) is 0 Å². The van der Waals surface area contributed by atoms with Gasteiger partial charge < -0.3 is 5.11 Å². The first-order chi connectivity index (χ1) is 6.06. The highest BCUT2D eigenvalue weighted by molar-refractivity contribution is 7.79. The molecule has 0 amide bonds. The third-order valence-corrected chi connectivity index (χ3v) is 2.82. The van der Waals surface area contributed by atoms with Crippen LogP contribution in [0.15, 0.2) is 12.1 Å². The van der Waals surface area contributed by atoms with Crippen LogP contribution in [0.5, 0.6) is 0 Å². The molecular formula is C9H8Cl2OS. The number of benzene rings is 1. The van der Waals surface area contributed by atoms with Crippen LogP contribution in [0.4, 0.5) is 0 Å². The van der Waals surface area contributed by atoms with Crippen LogP contribution < -0.4 is 0 Å². The lowest BCUT2D eigenvalue weighted by Gasteiger charge is -2.08. The minimum absolute atomic E-state index is 0.540. The summed E-state index contributed by atoms with van der Waals surface area (Å²) in [5.41, 5.74) is 1.43. The van der Waals surface area contributed by atoms with Crippen LogP contribution in [0.2, 0.25) is 10.0 Å². The normalized spacial score (nSPS) is 12.6. The first-order valence-electron chi connectivity index (χ1n) is 3.65. The summed E-state index contributed by atoms with van der Waals surface area (Å²) in [5.74, 6) is 0. The van der Waals surface area contributed by atoms with E-state index in [-0.39, 0.29) is 0 Å². The number of aliphatic hydroxyl groups is 1. The Labute approximate surface area is 92.3 Å². The molecule has 0 aliphatic rings. The quantitative estimate of drug-likeness (QED) is 0.793. The molecule has 1 rings (SSSR count). The van der Waals surface area contributed by atoms with Crippen LogP contribution in [-0.2, 0) is 0 Å². The number of hydrogen-bond acceptors (Lipinski definition) is 2. The van der Waals surface area contributed by atoms with Gasteiger partial charge in [0.05, 0.1) is 0 Å². The van der Waals surface area contributed by atoms with Gasteiger partial charge >= 0.3 is 0 Å². The maximum Gasteiger partial charge on any atom is 0.107 e. The van der Waals surface area contributed by atoms with Gasteiger partial charge in [0.15, 0.2) is 0 Å². The molecule has 1 aromatic rings. The minimum Gasteiger partial charge on any atom is -0.383 e. The fraction of sp³-hybridized carbons (Fsp3) is 0.222. The molecule has 0 aromatic heterocycles. The molecule has 0 aliphatic carbocycles. The van der Waals surface area contributed by atoms with E-state index < -0.39 is 6.10 Å². The summed E-state index contributed by atoms with van der Waals surface area (Å²) >= 11 is 16.4. The number of aliphatic hydroxyl groups excluding tert-OH is 1. The molecule has 70 valence electrons. The highest BCUT2D eigenvalue weighted by Gasteiger charge is 2.08. The fourth-order valence-electron chi connectivity index (χ4n) is 0.914. The van der Waals surface area contributed by atoms with E-state index in [2.05, 4.69) is 12.2 Å². The van der Waals surface area contributed by atoms with Crippen LogP contribution in [0.3, 0.4) is 0 Å². The van der Waals surface area contributed by atoms with Gasteiger partial charge in [0.25, 0.3) is 0 Å². The van der Waals surface area contributed by atoms with Crippen molar-refractivity contribution >= 4 is 40.8 Å². The molecule has 13 heavy (non-hydrogen) atoms. The second kappa shape index (κ2) is 4.38. The van der Waals surface area contributed by atoms with Crippen molar-refractivity contribution < 1.29 is 5.11 Å². The molecule has 0 saturated heterocycles. The number of hydrogen-bond donors (Lipinski definition) is 1. The average Bonchev–Trinajstić information content (AvgIpc) is 2.12. The van der Waals surface area contributed by atoms with Crippen LogP contribution in [-0.4, -0.2) is 10.5 Å². The topological polar surface area (TPSA) is 20.2 Å². The molecule has 0 heterocycles. The minimum atomic E-state index is -0.786. The van der Waals surface area contributed by atoms with Crippen LogP contribution >= 0.6 is 35.4 Å². The summed E-state index contributed by atoms with van der Waals surface area (Å²) in [6.45, 7) is 1.82. The summed E-state index contributed by atoms with van der Waals surface area (Å²) in [5, 5.41) is 11.7. The molecule has 1 nitrogen and oxygen atoms in total. The largest absolute Gasteiger partial charge is 0.383 e. The molecule has 0 saturated carbocycles. The summed E-state index contributed by atoms with van der Waals surface area (Å²) in [6, 6.07) is 3.33. The lowest BCUT2D eigenvalue weighted by molar-refractivity contribution is 0.255. The smallest absolute Gasteiger partial charge is 0.107 e. The zero-order chi connectivity index (χ0) is 10.0. The Morgan fingerprint density at radius 1 is 1.38 bits per heavy atom. The van der Waals surface area contributed by atoms with E-state index in [0.29, 0.717) is 15.6 Å². The van der Waals surface area contributed by atoms with E-state index in [9.17, 15) is 5.11 Å². The van der Waals surface area contributed by atoms with E-state index in [1.807, 2.05) is 6.92 Å². The van der Waals surface area contributed by atoms with Crippen molar-refractivity contribution in [2.45, 2.75) is 13.0 Å². The van der Waals surface area contributed by atoms with Gasteiger partial charge in [-0.3, -0.25) is 0 Å². The van der Waals surface area contributed by atoms with Gasteiger partial charge in [0, 0.05) is 15.4 Å². The molecule has 0 fully saturated rings. The number of thiocarbonyl (C=S) groups is 1. The highest BCUT2D eigenvalue weighted by Crippen LogP contribution is 2.27. The molecule has 1 atom stereocenters. The summed E-state index contributed by atoms with van der Waals surface area (Å²) < 4.78 is 0. The van der Waals surface area contributed by atoms with Gasteiger partial charge in [-0.05, 0) is 30.2 Å². The molecule has 0 spiro atoms. The lowest BCUT2D eigenvalue weighted by atomic mass is 10.1. The van der Waals surface area contributed by atoms with Crippen LogP contribution in [0.1, 0.15) is 17.2 Å². The van der Waals surface area contributed by atoms with E-state index in [0.717, 1.165) is 5.56 Å². The second-order valence-corrected chi connectivity index (χ2v) is 3.78. The van der Waals surface area contributed by atoms with Crippen LogP contribution in [0.25, 0.3) is 0 Å². The standard InChI is InChI=1S/C9H8Cl2OS/c1-5-7(10)2-6(3-8(5)11)9(12)4-13/h2-4,9,12H,1H3. The summed E-state index contributed by atoms with van der Waals surface area (Å²) in [4.78, 5) is 0. The molecule has 0 radical (unpaired) electrons. The fourth-order valence-corrected chi connectivity index (χ4v) is 1.58. The van der Waals surface area contributed by atoms with Crippen molar-refractivity contribution in [3.8, 4) is 0 Å². The average molecular weight is 235 g/mol. The third kappa shape index (κ3) is 2.41. The van der Waals surface area contributed by atoms with E-state index in [4.69, 9.17) is 23.2 Å². The highest BCUT2D eigenvalue weighted by atomic mass is 35.5. The molecular weight excluding hydrogens is 227 g/mol. The number of halogens is 2. The van der Waals surface area contributed by atoms with Gasteiger partial charge in [0.1, 0.15) is 6.10 Å². The first kappa shape index (κ1) is 10.9. The Kier molecular flexibility index (Phi) is 3.68. The first-order valence-corrected chi connectivity index (χ1v) is 4.88. The number of rotatable bonds is 2. The van der Waals surface area contributed by atoms with Crippen molar-refractivity contribution in [1.82, 2.24) is 0 Å². The van der Waals surface area contributed by atoms with Gasteiger partial charge in [-0.2, -0.15) is 0 Å². The zero-order valence-electron chi connectivity index (χ0n) is 6.92. The predicted octanol–water partition coefficient (Wildman–Crippen LogP) is 3.33. The Morgan fingerprint density at radius 2 is 1.85 bits per heavy atom. The van der Waals surface area contributed by atoms with E-state index in [1.165, 1.54) is 5.37 Å². The Balaban J connectivity index is 3.20. The van der Waals surface area contributed by atoms with Crippen molar-refractivity contribution in [2.75, 3.05) is 0 Å². The van der Waals surface area contributed by atoms with E-state index in [1.54, 1.807) is 12.1 Å². The summed E-state index contributed by atoms with van der Waals surface area (Å²) in [7, 11) is 0. The van der Waals surface area contributed by atoms with Gasteiger partial charge in [-0.25, -0.2) is 0 Å². The second-order valence-electron chi connectivity index (χ2n) is 2.69. The monoisotopic (exact) mass is 234 g/mol. The Hall–Kier alpha value is -0.150. The maximum absolute atomic E-state index is 9.39. The molecule has 1 N–H and O–H groups in total. The molecule has 4 heteroatoms. The van der Waals surface area contributed by atoms with Crippen molar-refractivity contribution in [1.29, 1.82) is 0 Å². The third-order valence-electron chi connectivity index (χ3n) is 1.77. The van der Waals surface area contributed by atoms with Gasteiger partial charge in [0.2, 0.25) is 0 Å². The molecule has 0 aliphatic heterocycles. The van der Waals surface area contributed by atoms with Gasteiger partial charge in [-0.1, -0.05) is 35.4 Å². The van der Waals surface area contributed by atoms with Crippen LogP contribution in [0, 0.1) is 6.92 Å². The van der Waals surface area contributed by atoms with Crippen molar-refractivity contribution in [3.05, 3.63) is 33.3 Å². The maximum atomic E-state index is 9.39. The lowest BCUT2D eigenvalue weighted by Crippen LogP contribution is -1.97. The Bertz CT molecular complexity index is 315. The SMILES string of the molecule is Cc1c(Cl)cc(C(O)C=S)cc1Cl. The summed E-state index contributed by atoms with van der Waals surface area (Å²) in [6.07, 6.45) is -0.786. The zero-order valence-corrected chi connectivity index (χ0v) is 9.25. The van der Waals surface area contributed by atoms with E-state index >= 15 is 0 Å². The Morgan fingerprint density at radius 3 is 2.23 bits per heavy atom.